The van der Waals surface area contributed by atoms with E-state index in [1.54, 1.807) is 0 Å². The van der Waals surface area contributed by atoms with E-state index in [1.807, 2.05) is 23.5 Å². The fourth-order valence-electron chi connectivity index (χ4n) is 1.74. The normalized spacial score (nSPS) is 22.4. The molecular formula is C15H18S2. The molecule has 0 fully saturated rings. The molecule has 0 saturated carbocycles. The molecule has 0 N–H and O–H groups in total. The lowest BCUT2D eigenvalue weighted by Gasteiger charge is -2.25. The Morgan fingerprint density at radius 2 is 2.06 bits per heavy atom. The number of hydrogen-bond acceptors (Lipinski definition) is 2. The molecule has 0 radical (unpaired) electrons. The molecule has 0 bridgehead atoms. The van der Waals surface area contributed by atoms with Crippen LogP contribution in [0, 0.1) is 0 Å². The van der Waals surface area contributed by atoms with Crippen molar-refractivity contribution in [3.63, 3.8) is 0 Å². The highest BCUT2D eigenvalue weighted by molar-refractivity contribution is 8.15. The van der Waals surface area contributed by atoms with Crippen LogP contribution in [0.25, 0.3) is 0 Å². The molecule has 0 nitrogen and oxygen atoms in total. The third-order valence-electron chi connectivity index (χ3n) is 2.71. The molecule has 0 atom stereocenters. The van der Waals surface area contributed by atoms with E-state index in [0.29, 0.717) is 0 Å². The largest absolute Gasteiger partial charge is 0.0928 e. The fourth-order valence-corrected chi connectivity index (χ4v) is 4.03. The van der Waals surface area contributed by atoms with E-state index in [2.05, 4.69) is 45.6 Å². The van der Waals surface area contributed by atoms with Gasteiger partial charge in [-0.05, 0) is 45.8 Å². The summed E-state index contributed by atoms with van der Waals surface area (Å²) in [7, 11) is 0. The highest BCUT2D eigenvalue weighted by Crippen LogP contribution is 2.51. The molecule has 2 rings (SSSR count). The zero-order valence-corrected chi connectivity index (χ0v) is 12.3. The first kappa shape index (κ1) is 12.8. The van der Waals surface area contributed by atoms with E-state index >= 15 is 0 Å². The summed E-state index contributed by atoms with van der Waals surface area (Å²) in [6, 6.07) is 0. The molecule has 2 heteroatoms. The molecule has 17 heavy (non-hydrogen) atoms. The van der Waals surface area contributed by atoms with Gasteiger partial charge in [-0.25, -0.2) is 0 Å². The molecule has 0 spiro atoms. The van der Waals surface area contributed by atoms with Crippen molar-refractivity contribution < 1.29 is 0 Å². The lowest BCUT2D eigenvalue weighted by molar-refractivity contribution is 0.946. The predicted molar refractivity (Wildman–Crippen MR) is 81.9 cm³/mol. The standard InChI is InChI=1S/C15H18S2/c1-10(2)5-7-13-12(4)16-14-8-6-11(3)9-15(14)17-13/h5,7,9H,4,6,8H2,1-3H3/b13-7+. The highest BCUT2D eigenvalue weighted by Gasteiger charge is 2.21. The predicted octanol–water partition coefficient (Wildman–Crippen LogP) is 5.78. The van der Waals surface area contributed by atoms with Crippen LogP contribution in [0.5, 0.6) is 0 Å². The average molecular weight is 262 g/mol. The Balaban J connectivity index is 2.27. The van der Waals surface area contributed by atoms with Crippen molar-refractivity contribution in [2.75, 3.05) is 0 Å². The summed E-state index contributed by atoms with van der Waals surface area (Å²) >= 11 is 3.72. The van der Waals surface area contributed by atoms with Crippen molar-refractivity contribution in [1.82, 2.24) is 0 Å². The van der Waals surface area contributed by atoms with E-state index in [-0.39, 0.29) is 0 Å². The highest BCUT2D eigenvalue weighted by atomic mass is 32.2. The SMILES string of the molecule is C=C1SC2=C(C=C(C)CC2)S/C1=C/C=C(C)C. The summed E-state index contributed by atoms with van der Waals surface area (Å²) in [5.41, 5.74) is 2.82. The van der Waals surface area contributed by atoms with Crippen molar-refractivity contribution in [2.45, 2.75) is 33.6 Å². The first-order chi connectivity index (χ1) is 8.06. The van der Waals surface area contributed by atoms with Crippen molar-refractivity contribution in [2.24, 2.45) is 0 Å². The topological polar surface area (TPSA) is 0 Å². The monoisotopic (exact) mass is 262 g/mol. The van der Waals surface area contributed by atoms with E-state index in [9.17, 15) is 0 Å². The van der Waals surface area contributed by atoms with E-state index in [0.717, 1.165) is 0 Å². The molecule has 0 aromatic carbocycles. The van der Waals surface area contributed by atoms with Gasteiger partial charge in [0.25, 0.3) is 0 Å². The second-order valence-corrected chi connectivity index (χ2v) is 6.95. The Morgan fingerprint density at radius 3 is 2.76 bits per heavy atom. The first-order valence-corrected chi connectivity index (χ1v) is 7.50. The zero-order chi connectivity index (χ0) is 12.4. The van der Waals surface area contributed by atoms with Crippen molar-refractivity contribution in [1.29, 1.82) is 0 Å². The molecule has 1 aliphatic heterocycles. The second-order valence-electron chi connectivity index (χ2n) is 4.68. The van der Waals surface area contributed by atoms with Crippen molar-refractivity contribution in [3.8, 4) is 0 Å². The Bertz CT molecular complexity index is 469. The molecule has 1 aliphatic carbocycles. The number of allylic oxidation sites excluding steroid dienone is 6. The Labute approximate surface area is 113 Å². The van der Waals surface area contributed by atoms with Gasteiger partial charge in [-0.1, -0.05) is 47.3 Å². The third kappa shape index (κ3) is 3.20. The minimum Gasteiger partial charge on any atom is -0.0928 e. The minimum atomic E-state index is 1.18. The van der Waals surface area contributed by atoms with Gasteiger partial charge in [-0.2, -0.15) is 0 Å². The molecule has 2 aliphatic rings. The van der Waals surface area contributed by atoms with Crippen LogP contribution in [-0.2, 0) is 0 Å². The van der Waals surface area contributed by atoms with Crippen LogP contribution in [0.15, 0.2) is 55.6 Å². The average Bonchev–Trinajstić information content (AvgIpc) is 2.26. The van der Waals surface area contributed by atoms with Gasteiger partial charge in [-0.15, -0.1) is 0 Å². The smallest absolute Gasteiger partial charge is 0.0256 e. The van der Waals surface area contributed by atoms with Gasteiger partial charge >= 0.3 is 0 Å². The third-order valence-corrected chi connectivity index (χ3v) is 5.29. The molecule has 90 valence electrons. The summed E-state index contributed by atoms with van der Waals surface area (Å²) < 4.78 is 0. The number of thioether (sulfide) groups is 2. The fraction of sp³-hybridized carbons (Fsp3) is 0.333. The Hall–Kier alpha value is -0.600. The molecule has 1 heterocycles. The molecule has 0 aromatic heterocycles. The van der Waals surface area contributed by atoms with Gasteiger partial charge in [0.05, 0.1) is 0 Å². The maximum Gasteiger partial charge on any atom is 0.0256 e. The second kappa shape index (κ2) is 5.36. The summed E-state index contributed by atoms with van der Waals surface area (Å²) in [6.45, 7) is 10.6. The Kier molecular flexibility index (Phi) is 4.05. The molecule has 0 amide bonds. The van der Waals surface area contributed by atoms with Gasteiger partial charge in [0.15, 0.2) is 0 Å². The van der Waals surface area contributed by atoms with Crippen LogP contribution in [0.1, 0.15) is 33.6 Å². The molecule has 0 aromatic rings. The zero-order valence-electron chi connectivity index (χ0n) is 10.7. The molecule has 0 saturated heterocycles. The van der Waals surface area contributed by atoms with Crippen LogP contribution in [0.2, 0.25) is 0 Å². The van der Waals surface area contributed by atoms with Crippen LogP contribution in [0.3, 0.4) is 0 Å². The number of rotatable bonds is 1. The summed E-state index contributed by atoms with van der Waals surface area (Å²) in [6.07, 6.45) is 9.08. The van der Waals surface area contributed by atoms with Gasteiger partial charge < -0.3 is 0 Å². The first-order valence-electron chi connectivity index (χ1n) is 5.87. The van der Waals surface area contributed by atoms with Crippen LogP contribution < -0.4 is 0 Å². The summed E-state index contributed by atoms with van der Waals surface area (Å²) in [5.74, 6) is 0. The van der Waals surface area contributed by atoms with E-state index in [4.69, 9.17) is 0 Å². The molecule has 0 unspecified atom stereocenters. The lowest BCUT2D eigenvalue weighted by Crippen LogP contribution is -1.99. The van der Waals surface area contributed by atoms with Crippen molar-refractivity contribution in [3.05, 3.63) is 55.6 Å². The van der Waals surface area contributed by atoms with Gasteiger partial charge in [0.2, 0.25) is 0 Å². The van der Waals surface area contributed by atoms with Crippen LogP contribution in [-0.4, -0.2) is 0 Å². The lowest BCUT2D eigenvalue weighted by atomic mass is 10.1. The van der Waals surface area contributed by atoms with Crippen LogP contribution in [0.4, 0.5) is 0 Å². The van der Waals surface area contributed by atoms with E-state index < -0.39 is 0 Å². The summed E-state index contributed by atoms with van der Waals surface area (Å²) in [5, 5.41) is 0. The van der Waals surface area contributed by atoms with Gasteiger partial charge in [-0.3, -0.25) is 0 Å². The van der Waals surface area contributed by atoms with Gasteiger partial charge in [0, 0.05) is 19.6 Å². The van der Waals surface area contributed by atoms with Gasteiger partial charge in [0.1, 0.15) is 0 Å². The minimum absolute atomic E-state index is 1.18. The van der Waals surface area contributed by atoms with Crippen molar-refractivity contribution >= 4 is 23.5 Å². The quantitative estimate of drug-likeness (QED) is 0.587. The summed E-state index contributed by atoms with van der Waals surface area (Å²) in [4.78, 5) is 5.42. The maximum absolute atomic E-state index is 4.17. The van der Waals surface area contributed by atoms with Crippen LogP contribution >= 0.6 is 23.5 Å². The maximum atomic E-state index is 4.17. The number of hydrogen-bond donors (Lipinski definition) is 0. The Morgan fingerprint density at radius 1 is 1.29 bits per heavy atom. The molecular weight excluding hydrogens is 244 g/mol. The van der Waals surface area contributed by atoms with E-state index in [1.165, 1.54) is 43.6 Å².